The molecule has 0 bridgehead atoms. The molecule has 0 aromatic rings. The highest BCUT2D eigenvalue weighted by Crippen LogP contribution is 2.25. The molecule has 0 saturated carbocycles. The van der Waals surface area contributed by atoms with Gasteiger partial charge >= 0.3 is 5.97 Å². The van der Waals surface area contributed by atoms with Crippen molar-refractivity contribution in [1.82, 2.24) is 0 Å². The molecule has 1 fully saturated rings. The molecule has 1 rings (SSSR count). The molecule has 0 aromatic heterocycles. The molecule has 1 N–H and O–H groups in total. The zero-order valence-corrected chi connectivity index (χ0v) is 7.88. The lowest BCUT2D eigenvalue weighted by Gasteiger charge is -2.18. The summed E-state index contributed by atoms with van der Waals surface area (Å²) < 4.78 is 10.4. The third kappa shape index (κ3) is 2.35. The maximum absolute atomic E-state index is 10.7. The van der Waals surface area contributed by atoms with Crippen molar-refractivity contribution in [3.8, 4) is 0 Å². The van der Waals surface area contributed by atoms with Crippen molar-refractivity contribution < 1.29 is 19.4 Å². The first kappa shape index (κ1) is 10.8. The van der Waals surface area contributed by atoms with Gasteiger partial charge in [-0.3, -0.25) is 4.79 Å². The number of rotatable bonds is 3. The second kappa shape index (κ2) is 3.83. The maximum Gasteiger partial charge on any atom is 0.315 e. The topological polar surface area (TPSA) is 105 Å². The van der Waals surface area contributed by atoms with Crippen molar-refractivity contribution in [2.45, 2.75) is 31.8 Å². The van der Waals surface area contributed by atoms with Crippen LogP contribution in [0, 0.1) is 0 Å². The molecule has 1 aliphatic heterocycles. The Bertz CT molecular complexity index is 283. The van der Waals surface area contributed by atoms with E-state index in [1.54, 1.807) is 13.8 Å². The number of carboxylic acid groups (broad SMARTS) is 1. The first-order chi connectivity index (χ1) is 6.46. The van der Waals surface area contributed by atoms with Crippen molar-refractivity contribution >= 4 is 5.97 Å². The maximum atomic E-state index is 10.7. The molecule has 1 aliphatic rings. The highest BCUT2D eigenvalue weighted by atomic mass is 16.7. The minimum atomic E-state index is -1.23. The number of azide groups is 1. The Hall–Kier alpha value is -1.30. The molecule has 78 valence electrons. The molecule has 1 saturated heterocycles. The minimum Gasteiger partial charge on any atom is -0.481 e. The average Bonchev–Trinajstić information content (AvgIpc) is 2.41. The van der Waals surface area contributed by atoms with E-state index in [1.807, 2.05) is 0 Å². The van der Waals surface area contributed by atoms with Gasteiger partial charge in [-0.05, 0) is 19.4 Å². The van der Waals surface area contributed by atoms with Gasteiger partial charge in [0.05, 0.1) is 6.61 Å². The second-order valence-electron chi connectivity index (χ2n) is 3.36. The van der Waals surface area contributed by atoms with Crippen molar-refractivity contribution in [2.75, 3.05) is 6.61 Å². The van der Waals surface area contributed by atoms with Gasteiger partial charge in [0.25, 0.3) is 0 Å². The summed E-state index contributed by atoms with van der Waals surface area (Å²) in [6.45, 7) is 3.45. The Morgan fingerprint density at radius 2 is 2.43 bits per heavy atom. The van der Waals surface area contributed by atoms with Crippen molar-refractivity contribution in [3.05, 3.63) is 10.4 Å². The summed E-state index contributed by atoms with van der Waals surface area (Å²) in [6, 6.07) is -1.23. The number of carboxylic acids is 1. The van der Waals surface area contributed by atoms with Gasteiger partial charge in [0.1, 0.15) is 6.10 Å². The van der Waals surface area contributed by atoms with E-state index in [4.69, 9.17) is 20.1 Å². The SMILES string of the molecule is CC1(C)OCC(C(N=[N+]=[N-])C(=O)O)O1. The Kier molecular flexibility index (Phi) is 2.95. The molecular formula is C7H11N3O4. The van der Waals surface area contributed by atoms with Crippen LogP contribution < -0.4 is 0 Å². The predicted octanol–water partition coefficient (Wildman–Crippen LogP) is 0.901. The van der Waals surface area contributed by atoms with Gasteiger partial charge in [-0.25, -0.2) is 0 Å². The monoisotopic (exact) mass is 201 g/mol. The Morgan fingerprint density at radius 3 is 2.79 bits per heavy atom. The van der Waals surface area contributed by atoms with Crippen LogP contribution in [0.15, 0.2) is 5.11 Å². The lowest BCUT2D eigenvalue weighted by atomic mass is 10.2. The zero-order valence-electron chi connectivity index (χ0n) is 7.88. The molecule has 1 heterocycles. The summed E-state index contributed by atoms with van der Waals surface area (Å²) in [5.41, 5.74) is 8.17. The molecule has 0 spiro atoms. The van der Waals surface area contributed by atoms with Crippen LogP contribution in [0.4, 0.5) is 0 Å². The van der Waals surface area contributed by atoms with Gasteiger partial charge in [-0.2, -0.15) is 0 Å². The van der Waals surface area contributed by atoms with Gasteiger partial charge in [0.2, 0.25) is 0 Å². The van der Waals surface area contributed by atoms with Crippen LogP contribution in [0.2, 0.25) is 0 Å². The zero-order chi connectivity index (χ0) is 10.8. The van der Waals surface area contributed by atoms with E-state index in [0.717, 1.165) is 0 Å². The molecule has 0 aliphatic carbocycles. The predicted molar refractivity (Wildman–Crippen MR) is 45.5 cm³/mol. The first-order valence-corrected chi connectivity index (χ1v) is 4.05. The van der Waals surface area contributed by atoms with Gasteiger partial charge < -0.3 is 14.6 Å². The molecule has 7 nitrogen and oxygen atoms in total. The number of ether oxygens (including phenoxy) is 2. The number of nitrogens with zero attached hydrogens (tertiary/aromatic N) is 3. The van der Waals surface area contributed by atoms with E-state index in [1.165, 1.54) is 0 Å². The van der Waals surface area contributed by atoms with Crippen molar-refractivity contribution in [2.24, 2.45) is 5.11 Å². The minimum absolute atomic E-state index is 0.114. The Morgan fingerprint density at radius 1 is 1.79 bits per heavy atom. The van der Waals surface area contributed by atoms with Gasteiger partial charge in [0.15, 0.2) is 11.8 Å². The average molecular weight is 201 g/mol. The van der Waals surface area contributed by atoms with E-state index in [-0.39, 0.29) is 6.61 Å². The highest BCUT2D eigenvalue weighted by Gasteiger charge is 2.40. The van der Waals surface area contributed by atoms with Crippen LogP contribution in [0.1, 0.15) is 13.8 Å². The van der Waals surface area contributed by atoms with Crippen LogP contribution in [-0.4, -0.2) is 35.6 Å². The van der Waals surface area contributed by atoms with E-state index in [2.05, 4.69) is 10.0 Å². The Balaban J connectivity index is 2.72. The molecular weight excluding hydrogens is 190 g/mol. The van der Waals surface area contributed by atoms with Crippen molar-refractivity contribution in [1.29, 1.82) is 0 Å². The fraction of sp³-hybridized carbons (Fsp3) is 0.857. The summed E-state index contributed by atoms with van der Waals surface area (Å²) in [5, 5.41) is 11.9. The van der Waals surface area contributed by atoms with Crippen LogP contribution in [-0.2, 0) is 14.3 Å². The lowest BCUT2D eigenvalue weighted by Crippen LogP contribution is -2.35. The van der Waals surface area contributed by atoms with E-state index in [0.29, 0.717) is 0 Å². The van der Waals surface area contributed by atoms with Crippen LogP contribution in [0.3, 0.4) is 0 Å². The standard InChI is InChI=1S/C7H11N3O4/c1-7(2)13-3-4(14-7)5(6(11)12)9-10-8/h4-5H,3H2,1-2H3,(H,11,12). The van der Waals surface area contributed by atoms with Crippen LogP contribution >= 0.6 is 0 Å². The summed E-state index contributed by atoms with van der Waals surface area (Å²) in [4.78, 5) is 13.1. The smallest absolute Gasteiger partial charge is 0.315 e. The largest absolute Gasteiger partial charge is 0.481 e. The van der Waals surface area contributed by atoms with E-state index < -0.39 is 23.9 Å². The quantitative estimate of drug-likeness (QED) is 0.416. The summed E-state index contributed by atoms with van der Waals surface area (Å²) in [5.74, 6) is -2.03. The highest BCUT2D eigenvalue weighted by molar-refractivity contribution is 5.74. The molecule has 0 aromatic carbocycles. The number of aliphatic carboxylic acids is 1. The molecule has 2 unspecified atom stereocenters. The molecule has 7 heteroatoms. The summed E-state index contributed by atoms with van der Waals surface area (Å²) >= 11 is 0. The third-order valence-electron chi connectivity index (χ3n) is 1.81. The first-order valence-electron chi connectivity index (χ1n) is 4.05. The van der Waals surface area contributed by atoms with E-state index >= 15 is 0 Å². The van der Waals surface area contributed by atoms with E-state index in [9.17, 15) is 4.79 Å². The van der Waals surface area contributed by atoms with Gasteiger partial charge in [-0.15, -0.1) is 0 Å². The van der Waals surface area contributed by atoms with Crippen LogP contribution in [0.25, 0.3) is 10.4 Å². The summed E-state index contributed by atoms with van der Waals surface area (Å²) in [6.07, 6.45) is -0.724. The van der Waals surface area contributed by atoms with Gasteiger partial charge in [-0.1, -0.05) is 5.11 Å². The molecule has 0 amide bonds. The van der Waals surface area contributed by atoms with Gasteiger partial charge in [0, 0.05) is 4.91 Å². The molecule has 0 radical (unpaired) electrons. The second-order valence-corrected chi connectivity index (χ2v) is 3.36. The number of carbonyl (C=O) groups is 1. The summed E-state index contributed by atoms with van der Waals surface area (Å²) in [7, 11) is 0. The lowest BCUT2D eigenvalue weighted by molar-refractivity contribution is -0.152. The molecule has 2 atom stereocenters. The molecule has 14 heavy (non-hydrogen) atoms. The van der Waals surface area contributed by atoms with Crippen molar-refractivity contribution in [3.63, 3.8) is 0 Å². The third-order valence-corrected chi connectivity index (χ3v) is 1.81. The normalized spacial score (nSPS) is 26.6. The van der Waals surface area contributed by atoms with Crippen LogP contribution in [0.5, 0.6) is 0 Å². The fourth-order valence-electron chi connectivity index (χ4n) is 1.21. The number of hydrogen-bond donors (Lipinski definition) is 1. The Labute approximate surface area is 80.2 Å². The number of hydrogen-bond acceptors (Lipinski definition) is 4. The fourth-order valence-corrected chi connectivity index (χ4v) is 1.21.